The number of aromatic nitrogens is 6. The zero-order chi connectivity index (χ0) is 38.6. The number of unbranched alkanes of at least 4 members (excludes halogenated alkanes) is 1. The van der Waals surface area contributed by atoms with Crippen molar-refractivity contribution >= 4 is 22.8 Å². The highest BCUT2D eigenvalue weighted by Gasteiger charge is 2.42. The maximum Gasteiger partial charge on any atom is 0.321 e. The Balaban J connectivity index is 1.28. The summed E-state index contributed by atoms with van der Waals surface area (Å²) in [4.78, 5) is 19.1. The van der Waals surface area contributed by atoms with Gasteiger partial charge in [0.1, 0.15) is 11.4 Å². The highest BCUT2D eigenvalue weighted by atomic mass is 16.2. The van der Waals surface area contributed by atoms with Crippen molar-refractivity contribution in [1.29, 1.82) is 0 Å². The van der Waals surface area contributed by atoms with Crippen molar-refractivity contribution in [2.75, 3.05) is 19.4 Å². The topological polar surface area (TPSA) is 93.8 Å². The number of nitrogens with zero attached hydrogens (tertiary/aromatic N) is 7. The quantitative estimate of drug-likeness (QED) is 0.134. The number of tetrazole rings is 1. The van der Waals surface area contributed by atoms with Gasteiger partial charge in [0, 0.05) is 37.5 Å². The van der Waals surface area contributed by atoms with Gasteiger partial charge in [-0.25, -0.2) is 14.5 Å². The van der Waals surface area contributed by atoms with E-state index in [1.165, 1.54) is 4.90 Å². The van der Waals surface area contributed by atoms with Gasteiger partial charge in [0.2, 0.25) is 0 Å². The molecule has 0 bridgehead atoms. The van der Waals surface area contributed by atoms with Gasteiger partial charge in [-0.2, -0.15) is 0 Å². The van der Waals surface area contributed by atoms with Crippen molar-refractivity contribution in [3.63, 3.8) is 0 Å². The van der Waals surface area contributed by atoms with E-state index in [0.29, 0.717) is 5.82 Å². The third-order valence-electron chi connectivity index (χ3n) is 10.4. The van der Waals surface area contributed by atoms with Crippen molar-refractivity contribution in [1.82, 2.24) is 34.7 Å². The summed E-state index contributed by atoms with van der Waals surface area (Å²) in [6, 6.07) is 52.0. The fraction of sp³-hybridized carbons (Fsp3) is 0.170. The van der Waals surface area contributed by atoms with E-state index in [9.17, 15) is 4.79 Å². The largest absolute Gasteiger partial charge is 0.331 e. The number of urea groups is 1. The summed E-state index contributed by atoms with van der Waals surface area (Å²) >= 11 is 0. The van der Waals surface area contributed by atoms with Crippen molar-refractivity contribution in [3.05, 3.63) is 180 Å². The first-order chi connectivity index (χ1) is 27.4. The smallest absolute Gasteiger partial charge is 0.321 e. The number of carbonyl (C=O) groups is 1. The molecule has 8 rings (SSSR count). The maximum atomic E-state index is 12.6. The minimum Gasteiger partial charge on any atom is -0.331 e. The van der Waals surface area contributed by atoms with Gasteiger partial charge >= 0.3 is 6.03 Å². The van der Waals surface area contributed by atoms with Crippen LogP contribution in [-0.4, -0.2) is 54.8 Å². The molecule has 9 heteroatoms. The maximum absolute atomic E-state index is 12.6. The summed E-state index contributed by atoms with van der Waals surface area (Å²) < 4.78 is 4.22. The van der Waals surface area contributed by atoms with Crippen LogP contribution >= 0.6 is 0 Å². The Kier molecular flexibility index (Phi) is 9.98. The molecule has 0 radical (unpaired) electrons. The van der Waals surface area contributed by atoms with E-state index in [1.807, 2.05) is 47.1 Å². The van der Waals surface area contributed by atoms with Gasteiger partial charge in [0.05, 0.1) is 11.0 Å². The number of anilines is 1. The van der Waals surface area contributed by atoms with E-state index in [1.54, 1.807) is 14.1 Å². The lowest BCUT2D eigenvalue weighted by Crippen LogP contribution is -2.39. The number of imidazole rings is 1. The van der Waals surface area contributed by atoms with Crippen LogP contribution in [-0.2, 0) is 12.0 Å². The van der Waals surface area contributed by atoms with Gasteiger partial charge < -0.3 is 10.2 Å². The molecule has 8 aromatic rings. The second-order valence-corrected chi connectivity index (χ2v) is 14.3. The van der Waals surface area contributed by atoms with Crippen LogP contribution < -0.4 is 5.32 Å². The molecule has 0 spiro atoms. The molecule has 0 saturated heterocycles. The second-order valence-electron chi connectivity index (χ2n) is 14.3. The van der Waals surface area contributed by atoms with Crippen LogP contribution in [0.3, 0.4) is 0 Å². The number of rotatable bonds is 11. The zero-order valence-electron chi connectivity index (χ0n) is 32.1. The number of aryl methyl sites for hydroxylation is 2. The van der Waals surface area contributed by atoms with Gasteiger partial charge in [-0.15, -0.1) is 5.10 Å². The first-order valence-corrected chi connectivity index (χ1v) is 19.1. The fourth-order valence-corrected chi connectivity index (χ4v) is 7.72. The molecule has 0 saturated carbocycles. The van der Waals surface area contributed by atoms with Crippen molar-refractivity contribution in [2.45, 2.75) is 38.6 Å². The Hall–Kier alpha value is -6.87. The standard InChI is InChI=1S/C47H44N8O/c1-5-6-26-44-49-42-30-27-37(48-46(56)53(3)4)32-43(42)54(44)38-28-29-39(33(2)31-38)40-24-16-17-25-41(40)45-50-51-52-55(45)47(34-18-10-7-11-19-34,35-20-12-8-13-21-35)36-22-14-9-15-23-36/h7-25,27-32H,5-6,26H2,1-4H3,(H,48,56). The summed E-state index contributed by atoms with van der Waals surface area (Å²) in [7, 11) is 3.46. The average Bonchev–Trinajstić information content (AvgIpc) is 3.87. The second kappa shape index (κ2) is 15.5. The van der Waals surface area contributed by atoms with Crippen LogP contribution in [0.25, 0.3) is 39.2 Å². The highest BCUT2D eigenvalue weighted by molar-refractivity contribution is 5.92. The van der Waals surface area contributed by atoms with Gasteiger partial charge in [-0.3, -0.25) is 4.57 Å². The number of carbonyl (C=O) groups excluding carboxylic acids is 1. The van der Waals surface area contributed by atoms with Crippen LogP contribution in [0.2, 0.25) is 0 Å². The summed E-state index contributed by atoms with van der Waals surface area (Å²) in [5, 5.41) is 17.0. The molecule has 1 N–H and O–H groups in total. The van der Waals surface area contributed by atoms with Gasteiger partial charge in [0.25, 0.3) is 0 Å². The lowest BCUT2D eigenvalue weighted by atomic mass is 9.77. The fourth-order valence-electron chi connectivity index (χ4n) is 7.72. The normalized spacial score (nSPS) is 11.5. The first kappa shape index (κ1) is 36.1. The predicted molar refractivity (Wildman–Crippen MR) is 224 cm³/mol. The lowest BCUT2D eigenvalue weighted by Gasteiger charge is -2.36. The average molecular weight is 737 g/mol. The Morgan fingerprint density at radius 2 is 1.32 bits per heavy atom. The highest BCUT2D eigenvalue weighted by Crippen LogP contribution is 2.44. The van der Waals surface area contributed by atoms with E-state index in [-0.39, 0.29) is 6.03 Å². The van der Waals surface area contributed by atoms with E-state index < -0.39 is 5.54 Å². The molecule has 6 aromatic carbocycles. The molecule has 2 heterocycles. The number of benzene rings is 6. The van der Waals surface area contributed by atoms with Crippen molar-refractivity contribution < 1.29 is 4.79 Å². The minimum absolute atomic E-state index is 0.180. The SMILES string of the molecule is CCCCc1nc2ccc(NC(=O)N(C)C)cc2n1-c1ccc(-c2ccccc2-c2nnnn2C(c2ccccc2)(c2ccccc2)c2ccccc2)c(C)c1. The molecule has 0 atom stereocenters. The molecular weight excluding hydrogens is 693 g/mol. The van der Waals surface area contributed by atoms with E-state index in [0.717, 1.165) is 86.4 Å². The summed E-state index contributed by atoms with van der Waals surface area (Å²) in [5.41, 5.74) is 9.90. The molecule has 0 unspecified atom stereocenters. The van der Waals surface area contributed by atoms with Crippen LogP contribution in [0.15, 0.2) is 152 Å². The molecule has 0 aliphatic carbocycles. The Morgan fingerprint density at radius 1 is 0.714 bits per heavy atom. The number of amides is 2. The van der Waals surface area contributed by atoms with Gasteiger partial charge in [-0.1, -0.05) is 135 Å². The van der Waals surface area contributed by atoms with E-state index in [4.69, 9.17) is 15.3 Å². The molecule has 2 aromatic heterocycles. The molecule has 2 amide bonds. The monoisotopic (exact) mass is 736 g/mol. The molecule has 0 aliphatic rings. The molecule has 9 nitrogen and oxygen atoms in total. The Morgan fingerprint density at radius 3 is 1.91 bits per heavy atom. The lowest BCUT2D eigenvalue weighted by molar-refractivity contribution is 0.230. The molecule has 56 heavy (non-hydrogen) atoms. The molecule has 0 fully saturated rings. The van der Waals surface area contributed by atoms with Crippen LogP contribution in [0.1, 0.15) is 47.8 Å². The minimum atomic E-state index is -0.878. The Labute approximate surface area is 327 Å². The summed E-state index contributed by atoms with van der Waals surface area (Å²) in [6.07, 6.45) is 2.91. The molecular formula is C47H44N8O. The van der Waals surface area contributed by atoms with Crippen molar-refractivity contribution in [3.8, 4) is 28.2 Å². The predicted octanol–water partition coefficient (Wildman–Crippen LogP) is 9.93. The first-order valence-electron chi connectivity index (χ1n) is 19.1. The van der Waals surface area contributed by atoms with E-state index in [2.05, 4.69) is 138 Å². The number of fused-ring (bicyclic) bond motifs is 1. The molecule has 278 valence electrons. The summed E-state index contributed by atoms with van der Waals surface area (Å²) in [5.74, 6) is 1.64. The third-order valence-corrected chi connectivity index (χ3v) is 10.4. The van der Waals surface area contributed by atoms with Crippen LogP contribution in [0, 0.1) is 6.92 Å². The molecule has 0 aliphatic heterocycles. The van der Waals surface area contributed by atoms with Gasteiger partial charge in [-0.05, 0) is 87.5 Å². The summed E-state index contributed by atoms with van der Waals surface area (Å²) in [6.45, 7) is 4.34. The van der Waals surface area contributed by atoms with Crippen molar-refractivity contribution in [2.24, 2.45) is 0 Å². The van der Waals surface area contributed by atoms with Crippen LogP contribution in [0.5, 0.6) is 0 Å². The number of hydrogen-bond donors (Lipinski definition) is 1. The number of nitrogens with one attached hydrogen (secondary N) is 1. The van der Waals surface area contributed by atoms with E-state index >= 15 is 0 Å². The van der Waals surface area contributed by atoms with Gasteiger partial charge in [0.15, 0.2) is 5.82 Å². The Bertz CT molecular complexity index is 2520. The number of hydrogen-bond acceptors (Lipinski definition) is 5. The zero-order valence-corrected chi connectivity index (χ0v) is 32.1. The van der Waals surface area contributed by atoms with Crippen LogP contribution in [0.4, 0.5) is 10.5 Å². The third kappa shape index (κ3) is 6.51.